The summed E-state index contributed by atoms with van der Waals surface area (Å²) >= 11 is 9.35. The standard InChI is InChI=1S/C11H11BrClN3O/c1-17-5-4-16-7-14-15-11(16)8-2-3-10(13)9(12)6-8/h2-3,6-7H,4-5H2,1H3. The molecule has 17 heavy (non-hydrogen) atoms. The fraction of sp³-hybridized carbons (Fsp3) is 0.273. The molecule has 2 rings (SSSR count). The molecule has 0 spiro atoms. The second-order valence-electron chi connectivity index (χ2n) is 3.47. The van der Waals surface area contributed by atoms with E-state index in [0.717, 1.165) is 22.4 Å². The lowest BCUT2D eigenvalue weighted by Gasteiger charge is -2.06. The Kier molecular flexibility index (Phi) is 4.15. The van der Waals surface area contributed by atoms with Gasteiger partial charge < -0.3 is 9.30 Å². The van der Waals surface area contributed by atoms with Gasteiger partial charge in [-0.05, 0) is 34.1 Å². The molecular weight excluding hydrogens is 305 g/mol. The summed E-state index contributed by atoms with van der Waals surface area (Å²) in [7, 11) is 1.67. The summed E-state index contributed by atoms with van der Waals surface area (Å²) < 4.78 is 7.83. The molecule has 0 saturated carbocycles. The van der Waals surface area contributed by atoms with Crippen LogP contribution in [0.3, 0.4) is 0 Å². The zero-order valence-electron chi connectivity index (χ0n) is 9.23. The van der Waals surface area contributed by atoms with Crippen molar-refractivity contribution in [3.63, 3.8) is 0 Å². The number of hydrogen-bond donors (Lipinski definition) is 0. The predicted octanol–water partition coefficient (Wildman–Crippen LogP) is 3.01. The van der Waals surface area contributed by atoms with E-state index >= 15 is 0 Å². The highest BCUT2D eigenvalue weighted by molar-refractivity contribution is 9.10. The summed E-state index contributed by atoms with van der Waals surface area (Å²) in [6.45, 7) is 1.35. The van der Waals surface area contributed by atoms with Crippen molar-refractivity contribution < 1.29 is 4.74 Å². The van der Waals surface area contributed by atoms with Crippen LogP contribution in [0.4, 0.5) is 0 Å². The molecule has 0 fully saturated rings. The first-order chi connectivity index (χ1) is 8.22. The highest BCUT2D eigenvalue weighted by Crippen LogP contribution is 2.27. The summed E-state index contributed by atoms with van der Waals surface area (Å²) in [5, 5.41) is 8.69. The van der Waals surface area contributed by atoms with E-state index in [-0.39, 0.29) is 0 Å². The summed E-state index contributed by atoms with van der Waals surface area (Å²) in [4.78, 5) is 0. The number of ether oxygens (including phenoxy) is 1. The lowest BCUT2D eigenvalue weighted by molar-refractivity contribution is 0.187. The van der Waals surface area contributed by atoms with Crippen molar-refractivity contribution in [2.24, 2.45) is 0 Å². The van der Waals surface area contributed by atoms with Crippen LogP contribution < -0.4 is 0 Å². The van der Waals surface area contributed by atoms with Crippen LogP contribution in [0.2, 0.25) is 5.02 Å². The Morgan fingerprint density at radius 1 is 1.47 bits per heavy atom. The van der Waals surface area contributed by atoms with E-state index in [1.807, 2.05) is 22.8 Å². The van der Waals surface area contributed by atoms with Gasteiger partial charge in [-0.25, -0.2) is 0 Å². The van der Waals surface area contributed by atoms with E-state index in [4.69, 9.17) is 16.3 Å². The van der Waals surface area contributed by atoms with Crippen LogP contribution >= 0.6 is 27.5 Å². The van der Waals surface area contributed by atoms with Crippen LogP contribution in [0, 0.1) is 0 Å². The largest absolute Gasteiger partial charge is 0.383 e. The molecule has 0 radical (unpaired) electrons. The van der Waals surface area contributed by atoms with Crippen LogP contribution in [-0.2, 0) is 11.3 Å². The summed E-state index contributed by atoms with van der Waals surface area (Å²) in [6.07, 6.45) is 1.69. The summed E-state index contributed by atoms with van der Waals surface area (Å²) in [5.74, 6) is 0.805. The monoisotopic (exact) mass is 315 g/mol. The molecule has 0 unspecified atom stereocenters. The molecule has 0 bridgehead atoms. The van der Waals surface area contributed by atoms with Crippen LogP contribution in [0.5, 0.6) is 0 Å². The van der Waals surface area contributed by atoms with Crippen molar-refractivity contribution in [1.82, 2.24) is 14.8 Å². The molecule has 0 aliphatic rings. The topological polar surface area (TPSA) is 39.9 Å². The van der Waals surface area contributed by atoms with Gasteiger partial charge in [0.05, 0.1) is 11.6 Å². The highest BCUT2D eigenvalue weighted by atomic mass is 79.9. The first-order valence-corrected chi connectivity index (χ1v) is 6.21. The third-order valence-corrected chi connectivity index (χ3v) is 3.54. The van der Waals surface area contributed by atoms with Gasteiger partial charge >= 0.3 is 0 Å². The quantitative estimate of drug-likeness (QED) is 0.870. The van der Waals surface area contributed by atoms with Crippen molar-refractivity contribution >= 4 is 27.5 Å². The molecule has 0 saturated heterocycles. The van der Waals surface area contributed by atoms with Crippen LogP contribution in [-0.4, -0.2) is 28.5 Å². The molecule has 1 heterocycles. The Hall–Kier alpha value is -0.910. The fourth-order valence-electron chi connectivity index (χ4n) is 1.47. The van der Waals surface area contributed by atoms with Gasteiger partial charge in [-0.2, -0.15) is 0 Å². The van der Waals surface area contributed by atoms with Crippen LogP contribution in [0.1, 0.15) is 0 Å². The van der Waals surface area contributed by atoms with Gasteiger partial charge in [0.2, 0.25) is 0 Å². The molecule has 0 aliphatic carbocycles. The molecule has 0 atom stereocenters. The number of benzene rings is 1. The first kappa shape index (κ1) is 12.5. The molecular formula is C11H11BrClN3O. The molecule has 2 aromatic rings. The fourth-order valence-corrected chi connectivity index (χ4v) is 1.96. The second-order valence-corrected chi connectivity index (χ2v) is 4.73. The van der Waals surface area contributed by atoms with E-state index in [0.29, 0.717) is 11.6 Å². The minimum Gasteiger partial charge on any atom is -0.383 e. The van der Waals surface area contributed by atoms with Crippen molar-refractivity contribution in [3.05, 3.63) is 34.0 Å². The Labute approximate surface area is 113 Å². The molecule has 6 heteroatoms. The number of rotatable bonds is 4. The third-order valence-electron chi connectivity index (χ3n) is 2.33. The molecule has 4 nitrogen and oxygen atoms in total. The maximum atomic E-state index is 5.96. The van der Waals surface area contributed by atoms with Crippen molar-refractivity contribution in [2.75, 3.05) is 13.7 Å². The predicted molar refractivity (Wildman–Crippen MR) is 70.0 cm³/mol. The number of methoxy groups -OCH3 is 1. The van der Waals surface area contributed by atoms with Gasteiger partial charge in [0.1, 0.15) is 6.33 Å². The summed E-state index contributed by atoms with van der Waals surface area (Å²) in [6, 6.07) is 5.67. The molecule has 0 amide bonds. The van der Waals surface area contributed by atoms with Gasteiger partial charge in [-0.15, -0.1) is 10.2 Å². The average Bonchev–Trinajstić information content (AvgIpc) is 2.78. The Balaban J connectivity index is 2.32. The normalized spacial score (nSPS) is 10.8. The SMILES string of the molecule is COCCn1cnnc1-c1ccc(Cl)c(Br)c1. The van der Waals surface area contributed by atoms with Gasteiger partial charge in [0.25, 0.3) is 0 Å². The zero-order chi connectivity index (χ0) is 12.3. The number of aromatic nitrogens is 3. The summed E-state index contributed by atoms with van der Waals surface area (Å²) in [5.41, 5.74) is 0.967. The van der Waals surface area contributed by atoms with E-state index in [9.17, 15) is 0 Å². The van der Waals surface area contributed by atoms with Crippen molar-refractivity contribution in [3.8, 4) is 11.4 Å². The lowest BCUT2D eigenvalue weighted by Crippen LogP contribution is -2.04. The first-order valence-electron chi connectivity index (χ1n) is 5.04. The van der Waals surface area contributed by atoms with Crippen LogP contribution in [0.15, 0.2) is 29.0 Å². The van der Waals surface area contributed by atoms with Gasteiger partial charge in [-0.3, -0.25) is 0 Å². The van der Waals surface area contributed by atoms with E-state index in [1.54, 1.807) is 13.4 Å². The molecule has 1 aromatic carbocycles. The maximum absolute atomic E-state index is 5.96. The average molecular weight is 317 g/mol. The third kappa shape index (κ3) is 2.86. The zero-order valence-corrected chi connectivity index (χ0v) is 11.6. The minimum absolute atomic E-state index is 0.625. The van der Waals surface area contributed by atoms with Crippen molar-refractivity contribution in [1.29, 1.82) is 0 Å². The Morgan fingerprint density at radius 3 is 3.00 bits per heavy atom. The van der Waals surface area contributed by atoms with Gasteiger partial charge in [-0.1, -0.05) is 11.6 Å². The lowest BCUT2D eigenvalue weighted by atomic mass is 10.2. The molecule has 0 aliphatic heterocycles. The van der Waals surface area contributed by atoms with Gasteiger partial charge in [0, 0.05) is 23.7 Å². The van der Waals surface area contributed by atoms with Gasteiger partial charge in [0.15, 0.2) is 5.82 Å². The number of halogens is 2. The number of hydrogen-bond acceptors (Lipinski definition) is 3. The minimum atomic E-state index is 0.625. The number of nitrogens with zero attached hydrogens (tertiary/aromatic N) is 3. The van der Waals surface area contributed by atoms with E-state index < -0.39 is 0 Å². The van der Waals surface area contributed by atoms with E-state index in [1.165, 1.54) is 0 Å². The molecule has 1 aromatic heterocycles. The second kappa shape index (κ2) is 5.62. The van der Waals surface area contributed by atoms with Crippen molar-refractivity contribution in [2.45, 2.75) is 6.54 Å². The van der Waals surface area contributed by atoms with E-state index in [2.05, 4.69) is 26.1 Å². The smallest absolute Gasteiger partial charge is 0.163 e. The molecule has 90 valence electrons. The maximum Gasteiger partial charge on any atom is 0.163 e. The Morgan fingerprint density at radius 2 is 2.29 bits per heavy atom. The van der Waals surface area contributed by atoms with Crippen LogP contribution in [0.25, 0.3) is 11.4 Å². The highest BCUT2D eigenvalue weighted by Gasteiger charge is 2.08. The molecule has 0 N–H and O–H groups in total. The Bertz CT molecular complexity index is 515.